The van der Waals surface area contributed by atoms with Crippen LogP contribution in [0.15, 0.2) is 6.07 Å². The van der Waals surface area contributed by atoms with E-state index in [0.29, 0.717) is 0 Å². The predicted molar refractivity (Wildman–Crippen MR) is 100 cm³/mol. The largest absolute Gasteiger partial charge is 0.444 e. The lowest BCUT2D eigenvalue weighted by Crippen LogP contribution is -2.46. The van der Waals surface area contributed by atoms with Gasteiger partial charge in [0.2, 0.25) is 0 Å². The number of nitrogens with zero attached hydrogens (tertiary/aromatic N) is 3. The van der Waals surface area contributed by atoms with Crippen molar-refractivity contribution in [3.63, 3.8) is 0 Å². The van der Waals surface area contributed by atoms with Gasteiger partial charge in [-0.2, -0.15) is 0 Å². The molecule has 0 radical (unpaired) electrons. The Morgan fingerprint density at radius 1 is 1.16 bits per heavy atom. The van der Waals surface area contributed by atoms with Crippen LogP contribution in [0.3, 0.4) is 0 Å². The van der Waals surface area contributed by atoms with Gasteiger partial charge in [0.25, 0.3) is 0 Å². The molecule has 0 aliphatic carbocycles. The van der Waals surface area contributed by atoms with E-state index in [1.165, 1.54) is 0 Å². The summed E-state index contributed by atoms with van der Waals surface area (Å²) in [4.78, 5) is 23.5. The van der Waals surface area contributed by atoms with Crippen LogP contribution in [0.1, 0.15) is 65.9 Å². The molecule has 6 nitrogen and oxygen atoms in total. The first-order chi connectivity index (χ1) is 11.4. The molecule has 2 heterocycles. The second kappa shape index (κ2) is 7.18. The fourth-order valence-electron chi connectivity index (χ4n) is 2.78. The Hall–Kier alpha value is -1.85. The number of ether oxygens (including phenoxy) is 1. The molecular formula is C19H32N4O2. The van der Waals surface area contributed by atoms with Gasteiger partial charge in [-0.25, -0.2) is 14.8 Å². The smallest absolute Gasteiger partial charge is 0.407 e. The molecule has 0 unspecified atom stereocenters. The third-order valence-corrected chi connectivity index (χ3v) is 4.05. The van der Waals surface area contributed by atoms with E-state index in [1.807, 2.05) is 33.8 Å². The number of carbonyl (C=O) groups excluding carboxylic acids is 1. The van der Waals surface area contributed by atoms with Crippen LogP contribution in [-0.4, -0.2) is 40.8 Å². The van der Waals surface area contributed by atoms with Crippen LogP contribution in [-0.2, 0) is 10.2 Å². The minimum Gasteiger partial charge on any atom is -0.444 e. The highest BCUT2D eigenvalue weighted by Crippen LogP contribution is 2.24. The molecule has 1 aliphatic rings. The van der Waals surface area contributed by atoms with Crippen molar-refractivity contribution in [2.24, 2.45) is 0 Å². The van der Waals surface area contributed by atoms with Crippen molar-refractivity contribution >= 4 is 11.9 Å². The summed E-state index contributed by atoms with van der Waals surface area (Å²) < 4.78 is 5.34. The molecule has 1 N–H and O–H groups in total. The highest BCUT2D eigenvalue weighted by molar-refractivity contribution is 5.68. The molecule has 1 aliphatic heterocycles. The van der Waals surface area contributed by atoms with E-state index in [1.54, 1.807) is 0 Å². The van der Waals surface area contributed by atoms with E-state index >= 15 is 0 Å². The standard InChI is InChI=1S/C19H32N4O2/c1-13-12-15(22-16(20-13)18(2,3)4)23-10-8-14(9-11-23)21-17(24)25-19(5,6)7/h12,14H,8-11H2,1-7H3,(H,21,24). The van der Waals surface area contributed by atoms with Crippen LogP contribution in [0.25, 0.3) is 0 Å². The number of rotatable bonds is 2. The summed E-state index contributed by atoms with van der Waals surface area (Å²) in [5.41, 5.74) is 0.452. The summed E-state index contributed by atoms with van der Waals surface area (Å²) in [6.45, 7) is 15.7. The average molecular weight is 348 g/mol. The predicted octanol–water partition coefficient (Wildman–Crippen LogP) is 3.58. The third-order valence-electron chi connectivity index (χ3n) is 4.05. The van der Waals surface area contributed by atoms with Gasteiger partial charge in [0.1, 0.15) is 17.2 Å². The maximum atomic E-state index is 11.9. The van der Waals surface area contributed by atoms with Gasteiger partial charge in [-0.3, -0.25) is 0 Å². The average Bonchev–Trinajstić information content (AvgIpc) is 2.44. The third kappa shape index (κ3) is 5.87. The molecule has 140 valence electrons. The van der Waals surface area contributed by atoms with Gasteiger partial charge in [-0.1, -0.05) is 20.8 Å². The summed E-state index contributed by atoms with van der Waals surface area (Å²) in [6, 6.07) is 2.19. The van der Waals surface area contributed by atoms with E-state index < -0.39 is 5.60 Å². The van der Waals surface area contributed by atoms with Crippen LogP contribution >= 0.6 is 0 Å². The van der Waals surface area contributed by atoms with E-state index in [4.69, 9.17) is 9.72 Å². The van der Waals surface area contributed by atoms with Gasteiger partial charge >= 0.3 is 6.09 Å². The van der Waals surface area contributed by atoms with Crippen molar-refractivity contribution in [2.45, 2.75) is 78.4 Å². The molecule has 25 heavy (non-hydrogen) atoms. The molecule has 6 heteroatoms. The zero-order valence-corrected chi connectivity index (χ0v) is 16.6. The van der Waals surface area contributed by atoms with Gasteiger partial charge in [0.15, 0.2) is 0 Å². The maximum Gasteiger partial charge on any atom is 0.407 e. The first kappa shape index (κ1) is 19.5. The fourth-order valence-corrected chi connectivity index (χ4v) is 2.78. The monoisotopic (exact) mass is 348 g/mol. The minimum atomic E-state index is -0.466. The topological polar surface area (TPSA) is 67.4 Å². The Balaban J connectivity index is 1.96. The van der Waals surface area contributed by atoms with Gasteiger partial charge in [0.05, 0.1) is 0 Å². The Kier molecular flexibility index (Phi) is 5.59. The van der Waals surface area contributed by atoms with Gasteiger partial charge in [0, 0.05) is 36.3 Å². The van der Waals surface area contributed by atoms with Crippen LogP contribution in [0.4, 0.5) is 10.6 Å². The number of anilines is 1. The summed E-state index contributed by atoms with van der Waals surface area (Å²) in [7, 11) is 0. The molecule has 0 atom stereocenters. The summed E-state index contributed by atoms with van der Waals surface area (Å²) in [5.74, 6) is 1.85. The molecule has 0 saturated carbocycles. The Morgan fingerprint density at radius 3 is 2.28 bits per heavy atom. The Morgan fingerprint density at radius 2 is 1.76 bits per heavy atom. The van der Waals surface area contributed by atoms with Crippen LogP contribution < -0.4 is 10.2 Å². The van der Waals surface area contributed by atoms with Crippen LogP contribution in [0.5, 0.6) is 0 Å². The molecule has 0 bridgehead atoms. The molecule has 1 aromatic rings. The molecule has 0 aromatic carbocycles. The summed E-state index contributed by atoms with van der Waals surface area (Å²) in [5, 5.41) is 2.97. The SMILES string of the molecule is Cc1cc(N2CCC(NC(=O)OC(C)(C)C)CC2)nc(C(C)(C)C)n1. The van der Waals surface area contributed by atoms with Crippen molar-refractivity contribution < 1.29 is 9.53 Å². The highest BCUT2D eigenvalue weighted by atomic mass is 16.6. The lowest BCUT2D eigenvalue weighted by atomic mass is 9.95. The van der Waals surface area contributed by atoms with E-state index in [9.17, 15) is 4.79 Å². The quantitative estimate of drug-likeness (QED) is 0.885. The lowest BCUT2D eigenvalue weighted by Gasteiger charge is -2.34. The number of nitrogens with one attached hydrogen (secondary N) is 1. The first-order valence-corrected chi connectivity index (χ1v) is 9.05. The van der Waals surface area contributed by atoms with E-state index in [0.717, 1.165) is 43.3 Å². The molecule has 1 fully saturated rings. The molecule has 1 aromatic heterocycles. The Labute approximate surface area is 151 Å². The van der Waals surface area contributed by atoms with E-state index in [2.05, 4.69) is 36.0 Å². The Bertz CT molecular complexity index is 609. The number of piperidine rings is 1. The van der Waals surface area contributed by atoms with E-state index in [-0.39, 0.29) is 17.6 Å². The van der Waals surface area contributed by atoms with Crippen molar-refractivity contribution in [1.29, 1.82) is 0 Å². The van der Waals surface area contributed by atoms with Crippen molar-refractivity contribution in [2.75, 3.05) is 18.0 Å². The number of aryl methyl sites for hydroxylation is 1. The summed E-state index contributed by atoms with van der Waals surface area (Å²) >= 11 is 0. The number of aromatic nitrogens is 2. The lowest BCUT2D eigenvalue weighted by molar-refractivity contribution is 0.0497. The summed E-state index contributed by atoms with van der Waals surface area (Å²) in [6.07, 6.45) is 1.43. The molecule has 0 spiro atoms. The van der Waals surface area contributed by atoms with Crippen LogP contribution in [0.2, 0.25) is 0 Å². The number of alkyl carbamates (subject to hydrolysis) is 1. The van der Waals surface area contributed by atoms with Gasteiger partial charge in [-0.15, -0.1) is 0 Å². The number of amides is 1. The molecule has 1 saturated heterocycles. The maximum absolute atomic E-state index is 11.9. The second-order valence-electron chi connectivity index (χ2n) is 8.85. The second-order valence-corrected chi connectivity index (χ2v) is 8.85. The zero-order chi connectivity index (χ0) is 18.8. The highest BCUT2D eigenvalue weighted by Gasteiger charge is 2.25. The molecular weight excluding hydrogens is 316 g/mol. The molecule has 2 rings (SSSR count). The number of hydrogen-bond donors (Lipinski definition) is 1. The van der Waals surface area contributed by atoms with Gasteiger partial charge in [-0.05, 0) is 40.5 Å². The van der Waals surface area contributed by atoms with Crippen molar-refractivity contribution in [3.8, 4) is 0 Å². The zero-order valence-electron chi connectivity index (χ0n) is 16.6. The minimum absolute atomic E-state index is 0.0721. The number of hydrogen-bond acceptors (Lipinski definition) is 5. The van der Waals surface area contributed by atoms with Crippen molar-refractivity contribution in [3.05, 3.63) is 17.6 Å². The van der Waals surface area contributed by atoms with Gasteiger partial charge < -0.3 is 15.0 Å². The molecule has 1 amide bonds. The van der Waals surface area contributed by atoms with Crippen LogP contribution in [0, 0.1) is 6.92 Å². The fraction of sp³-hybridized carbons (Fsp3) is 0.737. The van der Waals surface area contributed by atoms with Crippen molar-refractivity contribution in [1.82, 2.24) is 15.3 Å². The normalized spacial score (nSPS) is 16.7. The first-order valence-electron chi connectivity index (χ1n) is 9.05. The number of carbonyl (C=O) groups is 1.